The Labute approximate surface area is 193 Å². The number of benzene rings is 1. The Morgan fingerprint density at radius 1 is 1.28 bits per heavy atom. The van der Waals surface area contributed by atoms with Crippen LogP contribution in [-0.2, 0) is 4.79 Å². The summed E-state index contributed by atoms with van der Waals surface area (Å²) in [4.78, 5) is 29.7. The van der Waals surface area contributed by atoms with Crippen molar-refractivity contribution in [2.45, 2.75) is 6.92 Å². The SMILES string of the molecule is CC[NH+]1CCN(C(=O)/C(C#N)=c2\s/c(=C\c3ccco3)c(=O)n2-c2ccc(Cl)cc2)CC1. The molecule has 1 aromatic carbocycles. The topological polar surface area (TPSA) is 83.7 Å². The minimum atomic E-state index is -0.351. The number of piperazine rings is 1. The number of furan rings is 1. The zero-order valence-corrected chi connectivity index (χ0v) is 19.1. The van der Waals surface area contributed by atoms with Gasteiger partial charge in [0.1, 0.15) is 16.5 Å². The van der Waals surface area contributed by atoms with Crippen LogP contribution in [-0.4, -0.2) is 48.1 Å². The quantitative estimate of drug-likeness (QED) is 0.599. The highest BCUT2D eigenvalue weighted by atomic mass is 35.5. The van der Waals surface area contributed by atoms with Gasteiger partial charge in [-0.15, -0.1) is 11.3 Å². The van der Waals surface area contributed by atoms with E-state index >= 15 is 0 Å². The average molecular weight is 470 g/mol. The highest BCUT2D eigenvalue weighted by molar-refractivity contribution is 7.07. The van der Waals surface area contributed by atoms with E-state index in [9.17, 15) is 14.9 Å². The molecule has 0 radical (unpaired) electrons. The van der Waals surface area contributed by atoms with Gasteiger partial charge in [0, 0.05) is 11.1 Å². The molecule has 1 saturated heterocycles. The van der Waals surface area contributed by atoms with Crippen LogP contribution in [0.15, 0.2) is 51.9 Å². The maximum Gasteiger partial charge on any atom is 0.273 e. The Morgan fingerprint density at radius 2 is 2.00 bits per heavy atom. The minimum absolute atomic E-state index is 0.0407. The van der Waals surface area contributed by atoms with Crippen molar-refractivity contribution < 1.29 is 14.1 Å². The number of rotatable bonds is 4. The van der Waals surface area contributed by atoms with Crippen LogP contribution in [0.2, 0.25) is 5.02 Å². The number of likely N-dealkylation sites (N-methyl/N-ethyl adjacent to an activating group) is 1. The number of carbonyl (C=O) groups is 1. The van der Waals surface area contributed by atoms with Crippen LogP contribution in [0.5, 0.6) is 0 Å². The van der Waals surface area contributed by atoms with E-state index in [0.29, 0.717) is 38.8 Å². The van der Waals surface area contributed by atoms with Crippen molar-refractivity contribution in [1.82, 2.24) is 9.47 Å². The Hall–Kier alpha value is -3.12. The molecule has 32 heavy (non-hydrogen) atoms. The Morgan fingerprint density at radius 3 is 2.59 bits per heavy atom. The number of hydrogen-bond acceptors (Lipinski definition) is 5. The molecular formula is C23H22ClN4O3S+. The summed E-state index contributed by atoms with van der Waals surface area (Å²) >= 11 is 7.12. The lowest BCUT2D eigenvalue weighted by Crippen LogP contribution is -3.14. The van der Waals surface area contributed by atoms with Gasteiger partial charge in [-0.3, -0.25) is 14.2 Å². The van der Waals surface area contributed by atoms with E-state index in [1.54, 1.807) is 47.4 Å². The first kappa shape index (κ1) is 22.1. The van der Waals surface area contributed by atoms with Crippen LogP contribution >= 0.6 is 22.9 Å². The Bertz CT molecular complexity index is 1330. The molecule has 1 N–H and O–H groups in total. The van der Waals surface area contributed by atoms with Crippen molar-refractivity contribution in [3.8, 4) is 11.8 Å². The molecule has 0 bridgehead atoms. The Balaban J connectivity index is 1.90. The molecule has 4 rings (SSSR count). The third-order valence-corrected chi connectivity index (χ3v) is 6.87. The fourth-order valence-corrected chi connectivity index (χ4v) is 4.90. The summed E-state index contributed by atoms with van der Waals surface area (Å²) < 4.78 is 7.42. The molecular weight excluding hydrogens is 448 g/mol. The molecule has 0 saturated carbocycles. The number of quaternary nitrogens is 1. The van der Waals surface area contributed by atoms with Gasteiger partial charge in [0.2, 0.25) is 0 Å². The number of halogens is 1. The van der Waals surface area contributed by atoms with Gasteiger partial charge in [-0.1, -0.05) is 11.6 Å². The van der Waals surface area contributed by atoms with Gasteiger partial charge in [0.05, 0.1) is 49.2 Å². The summed E-state index contributed by atoms with van der Waals surface area (Å²) in [5, 5.41) is 10.5. The summed E-state index contributed by atoms with van der Waals surface area (Å²) in [6, 6.07) is 12.3. The molecule has 1 aliphatic heterocycles. The molecule has 1 amide bonds. The van der Waals surface area contributed by atoms with Gasteiger partial charge in [-0.2, -0.15) is 5.26 Å². The van der Waals surface area contributed by atoms with Crippen LogP contribution in [0.1, 0.15) is 12.7 Å². The summed E-state index contributed by atoms with van der Waals surface area (Å²) in [7, 11) is 0. The first-order valence-corrected chi connectivity index (χ1v) is 11.5. The van der Waals surface area contributed by atoms with Crippen molar-refractivity contribution >= 4 is 40.5 Å². The second-order valence-corrected chi connectivity index (χ2v) is 8.90. The van der Waals surface area contributed by atoms with Crippen molar-refractivity contribution in [3.63, 3.8) is 0 Å². The number of nitriles is 1. The number of aromatic nitrogens is 1. The highest BCUT2D eigenvalue weighted by Crippen LogP contribution is 2.12. The number of hydrogen-bond donors (Lipinski definition) is 1. The standard InChI is InChI=1S/C23H21ClN4O3S/c1-2-26-9-11-27(12-10-26)21(29)19(15-25)23-28(17-7-5-16(24)6-8-17)22(30)20(32-23)14-18-4-3-13-31-18/h3-8,13-14H,2,9-12H2,1H3/p+1/b20-14-,23-19-. The largest absolute Gasteiger partial charge is 0.465 e. The molecule has 7 nitrogen and oxygen atoms in total. The fraction of sp³-hybridized carbons (Fsp3) is 0.261. The van der Waals surface area contributed by atoms with Crippen molar-refractivity contribution in [2.75, 3.05) is 32.7 Å². The Kier molecular flexibility index (Phi) is 6.61. The fourth-order valence-electron chi connectivity index (χ4n) is 3.70. The van der Waals surface area contributed by atoms with Crippen molar-refractivity contribution in [2.24, 2.45) is 0 Å². The van der Waals surface area contributed by atoms with E-state index < -0.39 is 0 Å². The molecule has 0 aliphatic carbocycles. The zero-order valence-electron chi connectivity index (χ0n) is 17.5. The second-order valence-electron chi connectivity index (χ2n) is 7.43. The number of nitrogens with one attached hydrogen (secondary N) is 1. The molecule has 1 fully saturated rings. The van der Waals surface area contributed by atoms with E-state index in [2.05, 4.69) is 13.0 Å². The lowest BCUT2D eigenvalue weighted by Gasteiger charge is -2.31. The van der Waals surface area contributed by atoms with E-state index in [-0.39, 0.29) is 17.0 Å². The number of nitrogens with zero attached hydrogens (tertiary/aromatic N) is 3. The first-order chi connectivity index (χ1) is 15.5. The molecule has 3 heterocycles. The summed E-state index contributed by atoms with van der Waals surface area (Å²) in [5.74, 6) is 0.165. The van der Waals surface area contributed by atoms with Gasteiger partial charge in [0.15, 0.2) is 5.57 Å². The van der Waals surface area contributed by atoms with E-state index in [1.807, 2.05) is 0 Å². The first-order valence-electron chi connectivity index (χ1n) is 10.3. The van der Waals surface area contributed by atoms with Crippen LogP contribution < -0.4 is 19.7 Å². The van der Waals surface area contributed by atoms with Crippen LogP contribution in [0.4, 0.5) is 0 Å². The maximum atomic E-state index is 13.3. The molecule has 3 aromatic rings. The van der Waals surface area contributed by atoms with Gasteiger partial charge in [0.25, 0.3) is 11.5 Å². The normalized spacial score (nSPS) is 16.2. The molecule has 2 aromatic heterocycles. The lowest BCUT2D eigenvalue weighted by molar-refractivity contribution is -0.902. The van der Waals surface area contributed by atoms with Gasteiger partial charge in [-0.25, -0.2) is 0 Å². The van der Waals surface area contributed by atoms with Crippen molar-refractivity contribution in [1.29, 1.82) is 5.26 Å². The monoisotopic (exact) mass is 469 g/mol. The molecule has 0 spiro atoms. The third-order valence-electron chi connectivity index (χ3n) is 5.52. The smallest absolute Gasteiger partial charge is 0.273 e. The second kappa shape index (κ2) is 9.57. The van der Waals surface area contributed by atoms with Crippen LogP contribution in [0, 0.1) is 11.3 Å². The zero-order chi connectivity index (χ0) is 22.7. The van der Waals surface area contributed by atoms with E-state index in [0.717, 1.165) is 31.0 Å². The number of thiazole rings is 1. The maximum absolute atomic E-state index is 13.3. The average Bonchev–Trinajstić information content (AvgIpc) is 3.44. The summed E-state index contributed by atoms with van der Waals surface area (Å²) in [6.45, 7) is 5.96. The molecule has 164 valence electrons. The van der Waals surface area contributed by atoms with Crippen LogP contribution in [0.3, 0.4) is 0 Å². The highest BCUT2D eigenvalue weighted by Gasteiger charge is 2.27. The predicted molar refractivity (Wildman–Crippen MR) is 123 cm³/mol. The van der Waals surface area contributed by atoms with Gasteiger partial charge < -0.3 is 14.2 Å². The number of carbonyl (C=O) groups excluding carboxylic acids is 1. The molecule has 1 aliphatic rings. The van der Waals surface area contributed by atoms with Gasteiger partial charge in [-0.05, 0) is 43.3 Å². The third kappa shape index (κ3) is 4.41. The summed E-state index contributed by atoms with van der Waals surface area (Å²) in [6.07, 6.45) is 3.14. The van der Waals surface area contributed by atoms with Crippen molar-refractivity contribution in [3.05, 3.63) is 73.0 Å². The molecule has 9 heteroatoms. The number of amides is 1. The van der Waals surface area contributed by atoms with Crippen LogP contribution in [0.25, 0.3) is 17.3 Å². The predicted octanol–water partition coefficient (Wildman–Crippen LogP) is 0.395. The molecule has 0 atom stereocenters. The van der Waals surface area contributed by atoms with Gasteiger partial charge >= 0.3 is 0 Å². The molecule has 0 unspecified atom stereocenters. The minimum Gasteiger partial charge on any atom is -0.465 e. The lowest BCUT2D eigenvalue weighted by atomic mass is 10.2. The van der Waals surface area contributed by atoms with E-state index in [4.69, 9.17) is 16.0 Å². The summed E-state index contributed by atoms with van der Waals surface area (Å²) in [5.41, 5.74) is 0.163. The van der Waals surface area contributed by atoms with E-state index in [1.165, 1.54) is 15.7 Å².